The minimum atomic E-state index is 0.674. The van der Waals surface area contributed by atoms with Crippen molar-refractivity contribution in [3.8, 4) is 0 Å². The van der Waals surface area contributed by atoms with E-state index in [0.717, 1.165) is 58.7 Å². The fourth-order valence-corrected chi connectivity index (χ4v) is 1.92. The molecular weight excluding hydrogens is 190 g/mol. The van der Waals surface area contributed by atoms with E-state index in [4.69, 9.17) is 11.3 Å². The van der Waals surface area contributed by atoms with Crippen LogP contribution in [0.15, 0.2) is 5.11 Å². The highest BCUT2D eigenvalue weighted by atomic mass is 15.3. The number of nitrogens with zero attached hydrogens (tertiary/aromatic N) is 3. The Morgan fingerprint density at radius 3 is 2.00 bits per heavy atom. The van der Waals surface area contributed by atoms with E-state index in [1.54, 1.807) is 0 Å². The molecule has 1 aliphatic heterocycles. The number of nitrogens with one attached hydrogen (secondary N) is 1. The van der Waals surface area contributed by atoms with Gasteiger partial charge in [-0.15, -0.1) is 0 Å². The SMILES string of the molecule is N=NCCCN1CCN(CCCN)CC1. The van der Waals surface area contributed by atoms with Gasteiger partial charge in [0.25, 0.3) is 0 Å². The van der Waals surface area contributed by atoms with Crippen molar-refractivity contribution in [2.24, 2.45) is 10.8 Å². The molecular formula is C10H23N5. The average Bonchev–Trinajstić information content (AvgIpc) is 2.28. The van der Waals surface area contributed by atoms with Crippen LogP contribution < -0.4 is 5.73 Å². The van der Waals surface area contributed by atoms with Crippen molar-refractivity contribution in [2.75, 3.05) is 52.4 Å². The summed E-state index contributed by atoms with van der Waals surface area (Å²) < 4.78 is 0. The molecule has 15 heavy (non-hydrogen) atoms. The first-order valence-corrected chi connectivity index (χ1v) is 5.85. The molecule has 0 radical (unpaired) electrons. The summed E-state index contributed by atoms with van der Waals surface area (Å²) in [5.41, 5.74) is 12.2. The van der Waals surface area contributed by atoms with Gasteiger partial charge in [-0.3, -0.25) is 0 Å². The molecule has 1 aliphatic rings. The highest BCUT2D eigenvalue weighted by Crippen LogP contribution is 2.02. The van der Waals surface area contributed by atoms with Gasteiger partial charge in [0.15, 0.2) is 0 Å². The van der Waals surface area contributed by atoms with Crippen LogP contribution in [0.2, 0.25) is 0 Å². The standard InChI is InChI=1S/C10H23N5/c11-3-1-5-14-7-9-15(10-8-14)6-2-4-13-12/h12H,1-11H2. The second-order valence-corrected chi connectivity index (χ2v) is 4.06. The number of rotatable bonds is 7. The molecule has 88 valence electrons. The second kappa shape index (κ2) is 7.73. The summed E-state index contributed by atoms with van der Waals surface area (Å²) in [4.78, 5) is 4.95. The Labute approximate surface area is 92.1 Å². The monoisotopic (exact) mass is 213 g/mol. The molecule has 1 fully saturated rings. The number of hydrogen-bond acceptors (Lipinski definition) is 5. The van der Waals surface area contributed by atoms with E-state index in [0.29, 0.717) is 6.54 Å². The molecule has 0 spiro atoms. The van der Waals surface area contributed by atoms with Crippen LogP contribution in [-0.2, 0) is 0 Å². The summed E-state index contributed by atoms with van der Waals surface area (Å²) in [6.45, 7) is 8.35. The summed E-state index contributed by atoms with van der Waals surface area (Å²) in [6.07, 6.45) is 2.13. The zero-order valence-electron chi connectivity index (χ0n) is 9.49. The van der Waals surface area contributed by atoms with E-state index >= 15 is 0 Å². The smallest absolute Gasteiger partial charge is 0.0608 e. The molecule has 0 amide bonds. The van der Waals surface area contributed by atoms with Gasteiger partial charge in [-0.2, -0.15) is 5.11 Å². The van der Waals surface area contributed by atoms with Gasteiger partial charge in [0, 0.05) is 32.7 Å². The highest BCUT2D eigenvalue weighted by Gasteiger charge is 2.15. The van der Waals surface area contributed by atoms with Crippen molar-refractivity contribution in [1.82, 2.24) is 9.80 Å². The van der Waals surface area contributed by atoms with Gasteiger partial charge in [0.2, 0.25) is 0 Å². The van der Waals surface area contributed by atoms with Gasteiger partial charge in [-0.25, -0.2) is 5.53 Å². The molecule has 0 aromatic rings. The van der Waals surface area contributed by atoms with E-state index in [-0.39, 0.29) is 0 Å². The summed E-state index contributed by atoms with van der Waals surface area (Å²) >= 11 is 0. The maximum Gasteiger partial charge on any atom is 0.0608 e. The van der Waals surface area contributed by atoms with Crippen LogP contribution in [0.4, 0.5) is 0 Å². The summed E-state index contributed by atoms with van der Waals surface area (Å²) in [5, 5.41) is 3.37. The fraction of sp³-hybridized carbons (Fsp3) is 1.00. The summed E-state index contributed by atoms with van der Waals surface area (Å²) in [7, 11) is 0. The Bertz CT molecular complexity index is 165. The first kappa shape index (κ1) is 12.5. The molecule has 1 rings (SSSR count). The Hall–Kier alpha value is -0.520. The molecule has 5 heteroatoms. The molecule has 1 saturated heterocycles. The lowest BCUT2D eigenvalue weighted by molar-refractivity contribution is 0.131. The minimum Gasteiger partial charge on any atom is -0.330 e. The van der Waals surface area contributed by atoms with Gasteiger partial charge in [-0.1, -0.05) is 0 Å². The Balaban J connectivity index is 2.04. The van der Waals surface area contributed by atoms with Crippen LogP contribution in [0.5, 0.6) is 0 Å². The van der Waals surface area contributed by atoms with Crippen LogP contribution in [0.25, 0.3) is 0 Å². The third kappa shape index (κ3) is 5.20. The van der Waals surface area contributed by atoms with E-state index in [1.807, 2.05) is 0 Å². The van der Waals surface area contributed by atoms with Gasteiger partial charge < -0.3 is 15.5 Å². The zero-order chi connectivity index (χ0) is 10.9. The first-order valence-electron chi connectivity index (χ1n) is 5.85. The molecule has 1 heterocycles. The summed E-state index contributed by atoms with van der Waals surface area (Å²) in [6, 6.07) is 0. The van der Waals surface area contributed by atoms with Gasteiger partial charge in [0.1, 0.15) is 0 Å². The molecule has 0 unspecified atom stereocenters. The predicted molar refractivity (Wildman–Crippen MR) is 61.2 cm³/mol. The average molecular weight is 213 g/mol. The number of piperazine rings is 1. The van der Waals surface area contributed by atoms with Crippen molar-refractivity contribution >= 4 is 0 Å². The lowest BCUT2D eigenvalue weighted by Crippen LogP contribution is -2.47. The van der Waals surface area contributed by atoms with E-state index in [2.05, 4.69) is 14.9 Å². The molecule has 0 atom stereocenters. The normalized spacial score (nSPS) is 19.3. The van der Waals surface area contributed by atoms with Crippen LogP contribution in [-0.4, -0.2) is 62.2 Å². The molecule has 5 nitrogen and oxygen atoms in total. The molecule has 0 aliphatic carbocycles. The highest BCUT2D eigenvalue weighted by molar-refractivity contribution is 4.71. The van der Waals surface area contributed by atoms with Crippen LogP contribution in [0, 0.1) is 5.53 Å². The Morgan fingerprint density at radius 2 is 1.53 bits per heavy atom. The van der Waals surface area contributed by atoms with Gasteiger partial charge >= 0.3 is 0 Å². The molecule has 3 N–H and O–H groups in total. The lowest BCUT2D eigenvalue weighted by Gasteiger charge is -2.34. The summed E-state index contributed by atoms with van der Waals surface area (Å²) in [5.74, 6) is 0. The maximum atomic E-state index is 6.71. The quantitative estimate of drug-likeness (QED) is 0.474. The second-order valence-electron chi connectivity index (χ2n) is 4.06. The largest absolute Gasteiger partial charge is 0.330 e. The molecule has 0 saturated carbocycles. The number of hydrogen-bond donors (Lipinski definition) is 2. The fourth-order valence-electron chi connectivity index (χ4n) is 1.92. The van der Waals surface area contributed by atoms with Crippen LogP contribution in [0.3, 0.4) is 0 Å². The van der Waals surface area contributed by atoms with E-state index in [9.17, 15) is 0 Å². The van der Waals surface area contributed by atoms with Gasteiger partial charge in [-0.05, 0) is 25.9 Å². The predicted octanol–water partition coefficient (Wildman–Crippen LogP) is 0.374. The first-order chi connectivity index (χ1) is 7.36. The molecule has 0 bridgehead atoms. The Morgan fingerprint density at radius 1 is 1.00 bits per heavy atom. The topological polar surface area (TPSA) is 68.7 Å². The van der Waals surface area contributed by atoms with Crippen molar-refractivity contribution in [3.63, 3.8) is 0 Å². The van der Waals surface area contributed by atoms with Crippen molar-refractivity contribution < 1.29 is 0 Å². The minimum absolute atomic E-state index is 0.674. The molecule has 0 aromatic carbocycles. The van der Waals surface area contributed by atoms with Crippen molar-refractivity contribution in [1.29, 1.82) is 5.53 Å². The van der Waals surface area contributed by atoms with E-state index < -0.39 is 0 Å². The van der Waals surface area contributed by atoms with Crippen molar-refractivity contribution in [2.45, 2.75) is 12.8 Å². The number of nitrogens with two attached hydrogens (primary N) is 1. The third-order valence-electron chi connectivity index (χ3n) is 2.89. The van der Waals surface area contributed by atoms with Crippen molar-refractivity contribution in [3.05, 3.63) is 0 Å². The van der Waals surface area contributed by atoms with E-state index in [1.165, 1.54) is 0 Å². The van der Waals surface area contributed by atoms with Gasteiger partial charge in [0.05, 0.1) is 6.54 Å². The maximum absolute atomic E-state index is 6.71. The van der Waals surface area contributed by atoms with Crippen LogP contribution >= 0.6 is 0 Å². The molecule has 0 aromatic heterocycles. The Kier molecular flexibility index (Phi) is 6.47. The van der Waals surface area contributed by atoms with Crippen LogP contribution in [0.1, 0.15) is 12.8 Å². The lowest BCUT2D eigenvalue weighted by atomic mass is 10.2. The zero-order valence-corrected chi connectivity index (χ0v) is 9.49. The third-order valence-corrected chi connectivity index (χ3v) is 2.89.